The number of hydrazine groups is 1. The normalized spacial score (nSPS) is 15.8. The number of carbonyl (C=O) groups is 3. The lowest BCUT2D eigenvalue weighted by Gasteiger charge is -2.38. The first kappa shape index (κ1) is 18.8. The molecule has 1 aromatic rings. The standard InChI is InChI=1S/C18H24N2O5/c1-13(2)16(21)19-10-6-7-11-20(19)18(24)25-15(17(22)23)12-14-8-4-3-5-9-14/h3-5,8-9,13,15H,6-7,10-12H2,1-2H3,(H,22,23)/t15-/m0/s1. The summed E-state index contributed by atoms with van der Waals surface area (Å²) in [6.45, 7) is 4.29. The monoisotopic (exact) mass is 348 g/mol. The van der Waals surface area contributed by atoms with Gasteiger partial charge >= 0.3 is 12.1 Å². The summed E-state index contributed by atoms with van der Waals surface area (Å²) in [6, 6.07) is 8.97. The molecule has 1 heterocycles. The third kappa shape index (κ3) is 4.95. The maximum absolute atomic E-state index is 12.5. The first-order chi connectivity index (χ1) is 11.9. The Hall–Kier alpha value is -2.57. The molecule has 1 saturated heterocycles. The number of nitrogens with zero attached hydrogens (tertiary/aromatic N) is 2. The highest BCUT2D eigenvalue weighted by Crippen LogP contribution is 2.17. The average molecular weight is 348 g/mol. The summed E-state index contributed by atoms with van der Waals surface area (Å²) in [5.41, 5.74) is 0.761. The lowest BCUT2D eigenvalue weighted by Crippen LogP contribution is -2.55. The van der Waals surface area contributed by atoms with Gasteiger partial charge in [-0.25, -0.2) is 19.6 Å². The van der Waals surface area contributed by atoms with Gasteiger partial charge in [0.1, 0.15) is 0 Å². The van der Waals surface area contributed by atoms with Crippen LogP contribution in [-0.4, -0.2) is 52.3 Å². The number of carboxylic acid groups (broad SMARTS) is 1. The van der Waals surface area contributed by atoms with E-state index >= 15 is 0 Å². The zero-order chi connectivity index (χ0) is 18.4. The Morgan fingerprint density at radius 2 is 1.68 bits per heavy atom. The van der Waals surface area contributed by atoms with Crippen LogP contribution in [0.2, 0.25) is 0 Å². The van der Waals surface area contributed by atoms with Gasteiger partial charge in [0.05, 0.1) is 0 Å². The molecule has 1 aliphatic heterocycles. The average Bonchev–Trinajstić information content (AvgIpc) is 2.61. The van der Waals surface area contributed by atoms with E-state index in [0.717, 1.165) is 18.4 Å². The maximum Gasteiger partial charge on any atom is 0.429 e. The fraction of sp³-hybridized carbons (Fsp3) is 0.500. The van der Waals surface area contributed by atoms with Crippen molar-refractivity contribution in [3.63, 3.8) is 0 Å². The van der Waals surface area contributed by atoms with Crippen molar-refractivity contribution in [1.29, 1.82) is 0 Å². The van der Waals surface area contributed by atoms with Gasteiger partial charge in [-0.2, -0.15) is 0 Å². The molecule has 0 aliphatic carbocycles. The summed E-state index contributed by atoms with van der Waals surface area (Å²) in [5, 5.41) is 12.0. The van der Waals surface area contributed by atoms with E-state index in [4.69, 9.17) is 4.74 Å². The van der Waals surface area contributed by atoms with E-state index in [2.05, 4.69) is 0 Å². The van der Waals surface area contributed by atoms with Gasteiger partial charge in [-0.15, -0.1) is 0 Å². The van der Waals surface area contributed by atoms with Gasteiger partial charge in [0.2, 0.25) is 12.0 Å². The molecule has 0 bridgehead atoms. The fourth-order valence-corrected chi connectivity index (χ4v) is 2.67. The first-order valence-electron chi connectivity index (χ1n) is 8.46. The number of rotatable bonds is 5. The third-order valence-corrected chi connectivity index (χ3v) is 4.02. The van der Waals surface area contributed by atoms with Gasteiger partial charge in [-0.05, 0) is 18.4 Å². The quantitative estimate of drug-likeness (QED) is 0.882. The van der Waals surface area contributed by atoms with Crippen molar-refractivity contribution in [3.05, 3.63) is 35.9 Å². The van der Waals surface area contributed by atoms with Crippen LogP contribution in [0.15, 0.2) is 30.3 Å². The molecule has 1 N–H and O–H groups in total. The zero-order valence-electron chi connectivity index (χ0n) is 14.6. The lowest BCUT2D eigenvalue weighted by atomic mass is 10.1. The molecule has 1 aliphatic rings. The second-order valence-corrected chi connectivity index (χ2v) is 6.35. The number of carboxylic acids is 1. The molecule has 0 spiro atoms. The Labute approximate surface area is 147 Å². The smallest absolute Gasteiger partial charge is 0.429 e. The van der Waals surface area contributed by atoms with Crippen molar-refractivity contribution in [2.45, 2.75) is 39.2 Å². The van der Waals surface area contributed by atoms with E-state index in [1.165, 1.54) is 10.0 Å². The van der Waals surface area contributed by atoms with Crippen molar-refractivity contribution >= 4 is 18.0 Å². The SMILES string of the molecule is CC(C)C(=O)N1CCCCN1C(=O)O[C@@H](Cc1ccccc1)C(=O)O. The topological polar surface area (TPSA) is 87.2 Å². The summed E-state index contributed by atoms with van der Waals surface area (Å²) in [4.78, 5) is 36.2. The van der Waals surface area contributed by atoms with Crippen LogP contribution in [0.4, 0.5) is 4.79 Å². The van der Waals surface area contributed by atoms with Crippen LogP contribution in [0.25, 0.3) is 0 Å². The highest BCUT2D eigenvalue weighted by molar-refractivity contribution is 5.82. The second-order valence-electron chi connectivity index (χ2n) is 6.35. The number of hydrogen-bond acceptors (Lipinski definition) is 4. The molecule has 2 amide bonds. The Kier molecular flexibility index (Phi) is 6.38. The zero-order valence-corrected chi connectivity index (χ0v) is 14.6. The van der Waals surface area contributed by atoms with E-state index in [0.29, 0.717) is 13.1 Å². The minimum Gasteiger partial charge on any atom is -0.478 e. The van der Waals surface area contributed by atoms with Crippen LogP contribution in [0.3, 0.4) is 0 Å². The van der Waals surface area contributed by atoms with Crippen molar-refractivity contribution in [2.24, 2.45) is 5.92 Å². The number of ether oxygens (including phenoxy) is 1. The van der Waals surface area contributed by atoms with Crippen molar-refractivity contribution in [1.82, 2.24) is 10.0 Å². The predicted molar refractivity (Wildman–Crippen MR) is 90.5 cm³/mol. The largest absolute Gasteiger partial charge is 0.478 e. The van der Waals surface area contributed by atoms with Gasteiger partial charge in [0.25, 0.3) is 0 Å². The summed E-state index contributed by atoms with van der Waals surface area (Å²) < 4.78 is 5.21. The minimum absolute atomic E-state index is 0.0773. The molecule has 1 fully saturated rings. The Morgan fingerprint density at radius 3 is 2.24 bits per heavy atom. The van der Waals surface area contributed by atoms with E-state index in [-0.39, 0.29) is 18.2 Å². The van der Waals surface area contributed by atoms with Gasteiger partial charge in [-0.1, -0.05) is 44.2 Å². The molecule has 136 valence electrons. The second kappa shape index (κ2) is 8.50. The number of hydrogen-bond donors (Lipinski definition) is 1. The van der Waals surface area contributed by atoms with Crippen molar-refractivity contribution in [3.8, 4) is 0 Å². The Morgan fingerprint density at radius 1 is 1.08 bits per heavy atom. The minimum atomic E-state index is -1.30. The molecule has 1 aromatic carbocycles. The molecule has 0 saturated carbocycles. The fourth-order valence-electron chi connectivity index (χ4n) is 2.67. The van der Waals surface area contributed by atoms with Gasteiger partial charge < -0.3 is 9.84 Å². The van der Waals surface area contributed by atoms with Crippen LogP contribution in [-0.2, 0) is 20.7 Å². The number of amides is 2. The van der Waals surface area contributed by atoms with Crippen molar-refractivity contribution in [2.75, 3.05) is 13.1 Å². The van der Waals surface area contributed by atoms with Crippen LogP contribution < -0.4 is 0 Å². The molecule has 7 heteroatoms. The Balaban J connectivity index is 2.08. The Bertz CT molecular complexity index is 617. The molecule has 2 rings (SSSR count). The van der Waals surface area contributed by atoms with Crippen LogP contribution in [0, 0.1) is 5.92 Å². The molecule has 1 atom stereocenters. The van der Waals surface area contributed by atoms with Crippen LogP contribution >= 0.6 is 0 Å². The van der Waals surface area contributed by atoms with Crippen molar-refractivity contribution < 1.29 is 24.2 Å². The molecule has 7 nitrogen and oxygen atoms in total. The van der Waals surface area contributed by atoms with E-state index in [9.17, 15) is 19.5 Å². The first-order valence-corrected chi connectivity index (χ1v) is 8.46. The summed E-state index contributed by atoms with van der Waals surface area (Å²) in [6.07, 6.45) is -0.472. The number of aliphatic carboxylic acids is 1. The number of carbonyl (C=O) groups excluding carboxylic acids is 2. The van der Waals surface area contributed by atoms with Gasteiger partial charge in [0, 0.05) is 25.4 Å². The summed E-state index contributed by atoms with van der Waals surface area (Å²) in [7, 11) is 0. The summed E-state index contributed by atoms with van der Waals surface area (Å²) >= 11 is 0. The highest BCUT2D eigenvalue weighted by Gasteiger charge is 2.33. The van der Waals surface area contributed by atoms with Crippen LogP contribution in [0.1, 0.15) is 32.3 Å². The molecule has 0 aromatic heterocycles. The molecule has 25 heavy (non-hydrogen) atoms. The number of benzene rings is 1. The molecular formula is C18H24N2O5. The maximum atomic E-state index is 12.5. The predicted octanol–water partition coefficient (Wildman–Crippen LogP) is 2.31. The molecule has 0 unspecified atom stereocenters. The molecular weight excluding hydrogens is 324 g/mol. The molecule has 0 radical (unpaired) electrons. The lowest BCUT2D eigenvalue weighted by molar-refractivity contribution is -0.157. The van der Waals surface area contributed by atoms with E-state index in [1.54, 1.807) is 38.1 Å². The van der Waals surface area contributed by atoms with Crippen LogP contribution in [0.5, 0.6) is 0 Å². The van der Waals surface area contributed by atoms with Gasteiger partial charge in [0.15, 0.2) is 0 Å². The van der Waals surface area contributed by atoms with Gasteiger partial charge in [-0.3, -0.25) is 4.79 Å². The summed E-state index contributed by atoms with van der Waals surface area (Å²) in [5.74, 6) is -1.64. The van der Waals surface area contributed by atoms with E-state index < -0.39 is 18.2 Å². The van der Waals surface area contributed by atoms with E-state index in [1.807, 2.05) is 6.07 Å². The highest BCUT2D eigenvalue weighted by atomic mass is 16.6. The third-order valence-electron chi connectivity index (χ3n) is 4.02.